The van der Waals surface area contributed by atoms with Gasteiger partial charge in [-0.05, 0) is 0 Å². The lowest BCUT2D eigenvalue weighted by Gasteiger charge is -2.09. The van der Waals surface area contributed by atoms with Gasteiger partial charge in [0, 0.05) is 14.1 Å². The molecule has 4 amide bonds. The van der Waals surface area contributed by atoms with Gasteiger partial charge in [-0.3, -0.25) is 10.7 Å². The molecule has 0 fully saturated rings. The van der Waals surface area contributed by atoms with Crippen LogP contribution in [0.25, 0.3) is 0 Å². The molecule has 6 heteroatoms. The number of rotatable bonds is 0. The fourth-order valence-electron chi connectivity index (χ4n) is 0.245. The lowest BCUT2D eigenvalue weighted by Crippen LogP contribution is -2.46. The average molecular weight is 146 g/mol. The van der Waals surface area contributed by atoms with E-state index in [4.69, 9.17) is 0 Å². The van der Waals surface area contributed by atoms with Crippen molar-refractivity contribution in [2.24, 2.45) is 5.84 Å². The van der Waals surface area contributed by atoms with Gasteiger partial charge in [-0.15, -0.1) is 0 Å². The van der Waals surface area contributed by atoms with Crippen molar-refractivity contribution in [2.45, 2.75) is 0 Å². The molecule has 0 radical (unpaired) electrons. The van der Waals surface area contributed by atoms with Crippen molar-refractivity contribution in [1.29, 1.82) is 0 Å². The molecule has 10 heavy (non-hydrogen) atoms. The Morgan fingerprint density at radius 2 is 1.90 bits per heavy atom. The molecule has 0 spiro atoms. The number of hydrogen-bond donors (Lipinski definition) is 3. The predicted octanol–water partition coefficient (Wildman–Crippen LogP) is -1.16. The minimum atomic E-state index is -0.723. The first kappa shape index (κ1) is 8.70. The smallest absolute Gasteiger partial charge is 0.331 e. The highest BCUT2D eigenvalue weighted by Crippen LogP contribution is 1.74. The molecule has 0 aromatic carbocycles. The minimum Gasteiger partial charge on any atom is -0.331 e. The highest BCUT2D eigenvalue weighted by Gasteiger charge is 2.05. The molecule has 0 unspecified atom stereocenters. The van der Waals surface area contributed by atoms with Crippen LogP contribution in [0.1, 0.15) is 0 Å². The first-order chi connectivity index (χ1) is 4.57. The molecule has 58 valence electrons. The quantitative estimate of drug-likeness (QED) is 0.229. The van der Waals surface area contributed by atoms with Crippen LogP contribution in [-0.4, -0.2) is 31.1 Å². The van der Waals surface area contributed by atoms with E-state index in [-0.39, 0.29) is 0 Å². The van der Waals surface area contributed by atoms with Crippen molar-refractivity contribution >= 4 is 12.1 Å². The van der Waals surface area contributed by atoms with Gasteiger partial charge in [0.25, 0.3) is 0 Å². The van der Waals surface area contributed by atoms with E-state index < -0.39 is 12.1 Å². The van der Waals surface area contributed by atoms with Crippen LogP contribution in [0.4, 0.5) is 9.59 Å². The summed E-state index contributed by atoms with van der Waals surface area (Å²) in [6, 6.07) is -1.23. The molecule has 0 saturated heterocycles. The van der Waals surface area contributed by atoms with Crippen LogP contribution in [0.15, 0.2) is 0 Å². The van der Waals surface area contributed by atoms with E-state index in [9.17, 15) is 9.59 Å². The maximum atomic E-state index is 10.6. The molecule has 6 nitrogen and oxygen atoms in total. The molecule has 0 aliphatic heterocycles. The summed E-state index contributed by atoms with van der Waals surface area (Å²) in [5.74, 6) is 4.69. The van der Waals surface area contributed by atoms with Gasteiger partial charge in [-0.2, -0.15) is 0 Å². The third-order valence-corrected chi connectivity index (χ3v) is 0.758. The van der Waals surface area contributed by atoms with Crippen molar-refractivity contribution in [3.05, 3.63) is 0 Å². The summed E-state index contributed by atoms with van der Waals surface area (Å²) in [6.45, 7) is 0. The number of amides is 4. The van der Waals surface area contributed by atoms with Gasteiger partial charge in [-0.1, -0.05) is 0 Å². The second kappa shape index (κ2) is 3.67. The maximum absolute atomic E-state index is 10.6. The van der Waals surface area contributed by atoms with Crippen LogP contribution in [0.2, 0.25) is 0 Å². The molecule has 0 saturated carbocycles. The van der Waals surface area contributed by atoms with Gasteiger partial charge < -0.3 is 4.90 Å². The Bertz CT molecular complexity index is 144. The number of hydrogen-bond acceptors (Lipinski definition) is 3. The van der Waals surface area contributed by atoms with E-state index in [0.29, 0.717) is 0 Å². The van der Waals surface area contributed by atoms with Crippen LogP contribution in [0.5, 0.6) is 0 Å². The zero-order valence-electron chi connectivity index (χ0n) is 5.84. The molecule has 0 aromatic rings. The topological polar surface area (TPSA) is 87.5 Å². The van der Waals surface area contributed by atoms with Crippen molar-refractivity contribution in [2.75, 3.05) is 14.1 Å². The van der Waals surface area contributed by atoms with E-state index in [0.717, 1.165) is 0 Å². The standard InChI is InChI=1S/C4H10N4O2/c1-8(2)4(10)6-3(9)7-5/h5H2,1-2H3,(H2,6,7,9,10). The SMILES string of the molecule is CN(C)C(=O)NC(=O)NN. The second-order valence-electron chi connectivity index (χ2n) is 1.80. The highest BCUT2D eigenvalue weighted by molar-refractivity contribution is 5.92. The lowest BCUT2D eigenvalue weighted by molar-refractivity contribution is 0.211. The highest BCUT2D eigenvalue weighted by atomic mass is 16.2. The van der Waals surface area contributed by atoms with Gasteiger partial charge in [0.15, 0.2) is 0 Å². The number of urea groups is 2. The summed E-state index contributed by atoms with van der Waals surface area (Å²) < 4.78 is 0. The Morgan fingerprint density at radius 3 is 2.20 bits per heavy atom. The molecule has 0 rings (SSSR count). The Hall–Kier alpha value is -1.30. The average Bonchev–Trinajstić information content (AvgIpc) is 1.87. The zero-order valence-corrected chi connectivity index (χ0v) is 5.84. The Morgan fingerprint density at radius 1 is 1.40 bits per heavy atom. The minimum absolute atomic E-state index is 0.511. The molecule has 0 heterocycles. The molecule has 0 atom stereocenters. The normalized spacial score (nSPS) is 8.30. The third kappa shape index (κ3) is 2.88. The summed E-state index contributed by atoms with van der Waals surface area (Å²) in [5, 5.41) is 1.94. The van der Waals surface area contributed by atoms with Gasteiger partial charge in [-0.25, -0.2) is 15.4 Å². The molecule has 0 aromatic heterocycles. The van der Waals surface area contributed by atoms with E-state index in [1.54, 1.807) is 5.43 Å². The van der Waals surface area contributed by atoms with Gasteiger partial charge >= 0.3 is 12.1 Å². The number of hydrazine groups is 1. The van der Waals surface area contributed by atoms with Crippen LogP contribution < -0.4 is 16.6 Å². The summed E-state index contributed by atoms with van der Waals surface area (Å²) in [5.41, 5.74) is 1.75. The van der Waals surface area contributed by atoms with Gasteiger partial charge in [0.05, 0.1) is 0 Å². The van der Waals surface area contributed by atoms with Crippen LogP contribution in [0.3, 0.4) is 0 Å². The molecular formula is C4H10N4O2. The largest absolute Gasteiger partial charge is 0.336 e. The van der Waals surface area contributed by atoms with Gasteiger partial charge in [0.2, 0.25) is 0 Å². The first-order valence-electron chi connectivity index (χ1n) is 2.56. The van der Waals surface area contributed by atoms with E-state index in [2.05, 4.69) is 5.84 Å². The molecule has 0 aliphatic carbocycles. The number of carbonyl (C=O) groups is 2. The van der Waals surface area contributed by atoms with Crippen molar-refractivity contribution < 1.29 is 9.59 Å². The molecular weight excluding hydrogens is 136 g/mol. The molecule has 4 N–H and O–H groups in total. The third-order valence-electron chi connectivity index (χ3n) is 0.758. The lowest BCUT2D eigenvalue weighted by atomic mass is 10.8. The van der Waals surface area contributed by atoms with Gasteiger partial charge in [0.1, 0.15) is 0 Å². The summed E-state index contributed by atoms with van der Waals surface area (Å²) in [4.78, 5) is 22.2. The second-order valence-corrected chi connectivity index (χ2v) is 1.80. The number of nitrogens with two attached hydrogens (primary N) is 1. The fraction of sp³-hybridized carbons (Fsp3) is 0.500. The maximum Gasteiger partial charge on any atom is 0.336 e. The van der Waals surface area contributed by atoms with Crippen molar-refractivity contribution in [3.63, 3.8) is 0 Å². The van der Waals surface area contributed by atoms with E-state index >= 15 is 0 Å². The Balaban J connectivity index is 3.69. The van der Waals surface area contributed by atoms with E-state index in [1.807, 2.05) is 5.32 Å². The van der Waals surface area contributed by atoms with Crippen molar-refractivity contribution in [3.8, 4) is 0 Å². The molecule has 0 bridgehead atoms. The summed E-state index contributed by atoms with van der Waals surface area (Å²) in [6.07, 6.45) is 0. The van der Waals surface area contributed by atoms with Crippen LogP contribution >= 0.6 is 0 Å². The number of imide groups is 1. The summed E-state index contributed by atoms with van der Waals surface area (Å²) in [7, 11) is 3.03. The fourth-order valence-corrected chi connectivity index (χ4v) is 0.245. The number of carbonyl (C=O) groups excluding carboxylic acids is 2. The first-order valence-corrected chi connectivity index (χ1v) is 2.56. The zero-order chi connectivity index (χ0) is 8.15. The predicted molar refractivity (Wildman–Crippen MR) is 34.9 cm³/mol. The van der Waals surface area contributed by atoms with Crippen LogP contribution in [-0.2, 0) is 0 Å². The summed E-state index contributed by atoms with van der Waals surface area (Å²) >= 11 is 0. The Kier molecular flexibility index (Phi) is 3.20. The van der Waals surface area contributed by atoms with E-state index in [1.165, 1.54) is 19.0 Å². The number of nitrogens with one attached hydrogen (secondary N) is 2. The van der Waals surface area contributed by atoms with Crippen LogP contribution in [0, 0.1) is 0 Å². The van der Waals surface area contributed by atoms with Crippen molar-refractivity contribution in [1.82, 2.24) is 15.6 Å². The number of nitrogens with zero attached hydrogens (tertiary/aromatic N) is 1. The monoisotopic (exact) mass is 146 g/mol. The molecule has 0 aliphatic rings. The Labute approximate surface area is 58.3 Å².